The second-order valence-corrected chi connectivity index (χ2v) is 7.30. The summed E-state index contributed by atoms with van der Waals surface area (Å²) in [6.45, 7) is 6.16. The summed E-state index contributed by atoms with van der Waals surface area (Å²) in [5.74, 6) is -0.445. The summed E-state index contributed by atoms with van der Waals surface area (Å²) in [5.41, 5.74) is 8.49. The molecule has 1 aromatic carbocycles. The van der Waals surface area contributed by atoms with Gasteiger partial charge in [0.05, 0.1) is 11.3 Å². The van der Waals surface area contributed by atoms with Gasteiger partial charge in [-0.05, 0) is 51.8 Å². The lowest BCUT2D eigenvalue weighted by molar-refractivity contribution is 0.0997. The average Bonchev–Trinajstić information content (AvgIpc) is 2.37. The molecule has 1 heterocycles. The number of aromatic nitrogens is 1. The number of amides is 1. The highest BCUT2D eigenvalue weighted by Crippen LogP contribution is 2.32. The molecule has 0 fully saturated rings. The van der Waals surface area contributed by atoms with Crippen LogP contribution in [0, 0.1) is 3.70 Å². The van der Waals surface area contributed by atoms with Gasteiger partial charge < -0.3 is 5.73 Å². The van der Waals surface area contributed by atoms with Gasteiger partial charge in [-0.15, -0.1) is 0 Å². The van der Waals surface area contributed by atoms with E-state index >= 15 is 0 Å². The largest absolute Gasteiger partial charge is 0.366 e. The minimum Gasteiger partial charge on any atom is -0.366 e. The lowest BCUT2D eigenvalue weighted by atomic mass is 9.83. The highest BCUT2D eigenvalue weighted by atomic mass is 127. The highest BCUT2D eigenvalue weighted by Gasteiger charge is 2.24. The Morgan fingerprint density at radius 1 is 1.24 bits per heavy atom. The van der Waals surface area contributed by atoms with Crippen molar-refractivity contribution in [2.75, 3.05) is 0 Å². The van der Waals surface area contributed by atoms with E-state index in [1.807, 2.05) is 30.3 Å². The monoisotopic (exact) mass is 414 g/mol. The van der Waals surface area contributed by atoms with E-state index in [2.05, 4.69) is 48.3 Å². The number of hydrogen-bond acceptors (Lipinski definition) is 2. The summed E-state index contributed by atoms with van der Waals surface area (Å²) in [6, 6.07) is 9.41. The maximum absolute atomic E-state index is 11.7. The van der Waals surface area contributed by atoms with Crippen molar-refractivity contribution in [1.82, 2.24) is 4.98 Å². The number of benzene rings is 1. The summed E-state index contributed by atoms with van der Waals surface area (Å²) >= 11 is 7.98. The van der Waals surface area contributed by atoms with E-state index in [0.717, 1.165) is 16.8 Å². The molecular formula is C16H16ClIN2O. The zero-order valence-electron chi connectivity index (χ0n) is 12.1. The number of primary amides is 1. The van der Waals surface area contributed by atoms with E-state index < -0.39 is 5.91 Å². The van der Waals surface area contributed by atoms with Crippen molar-refractivity contribution in [2.45, 2.75) is 26.2 Å². The molecule has 110 valence electrons. The molecule has 0 bridgehead atoms. The number of halogens is 2. The van der Waals surface area contributed by atoms with E-state index in [0.29, 0.717) is 14.3 Å². The Hall–Kier alpha value is -1.14. The third-order valence-corrected chi connectivity index (χ3v) is 4.20. The van der Waals surface area contributed by atoms with Crippen LogP contribution >= 0.6 is 34.2 Å². The van der Waals surface area contributed by atoms with E-state index in [1.165, 1.54) is 0 Å². The van der Waals surface area contributed by atoms with Gasteiger partial charge >= 0.3 is 0 Å². The van der Waals surface area contributed by atoms with Crippen LogP contribution in [0.2, 0.25) is 5.02 Å². The minimum atomic E-state index is -0.445. The molecule has 0 saturated carbocycles. The fourth-order valence-corrected chi connectivity index (χ4v) is 3.05. The minimum absolute atomic E-state index is 0.200. The van der Waals surface area contributed by atoms with Crippen molar-refractivity contribution in [3.05, 3.63) is 50.2 Å². The van der Waals surface area contributed by atoms with Gasteiger partial charge in [-0.3, -0.25) is 4.79 Å². The van der Waals surface area contributed by atoms with Crippen molar-refractivity contribution in [3.8, 4) is 11.3 Å². The summed E-state index contributed by atoms with van der Waals surface area (Å²) in [6.07, 6.45) is 0. The zero-order chi connectivity index (χ0) is 15.8. The molecule has 2 N–H and O–H groups in total. The Kier molecular flexibility index (Phi) is 4.58. The highest BCUT2D eigenvalue weighted by molar-refractivity contribution is 14.1. The normalized spacial score (nSPS) is 11.5. The quantitative estimate of drug-likeness (QED) is 0.585. The van der Waals surface area contributed by atoms with Crippen LogP contribution in [-0.2, 0) is 5.41 Å². The van der Waals surface area contributed by atoms with Crippen LogP contribution in [0.15, 0.2) is 30.3 Å². The first-order valence-electron chi connectivity index (χ1n) is 6.47. The van der Waals surface area contributed by atoms with Crippen LogP contribution in [0.1, 0.15) is 36.7 Å². The van der Waals surface area contributed by atoms with Crippen molar-refractivity contribution < 1.29 is 4.79 Å². The van der Waals surface area contributed by atoms with E-state index in [4.69, 9.17) is 17.3 Å². The molecule has 0 radical (unpaired) electrons. The van der Waals surface area contributed by atoms with E-state index in [-0.39, 0.29) is 5.41 Å². The Morgan fingerprint density at radius 2 is 1.81 bits per heavy atom. The van der Waals surface area contributed by atoms with Crippen LogP contribution in [0.4, 0.5) is 0 Å². The SMILES string of the molecule is CC(C)(C)c1cc(-c2ccc(Cl)cc2)nc(I)c1C(N)=O. The summed E-state index contributed by atoms with van der Waals surface area (Å²) in [4.78, 5) is 16.3. The molecule has 0 aliphatic carbocycles. The summed E-state index contributed by atoms with van der Waals surface area (Å²) < 4.78 is 0.623. The molecular weight excluding hydrogens is 399 g/mol. The molecule has 2 aromatic rings. The van der Waals surface area contributed by atoms with Gasteiger partial charge in [-0.2, -0.15) is 0 Å². The molecule has 0 spiro atoms. The van der Waals surface area contributed by atoms with Crippen LogP contribution < -0.4 is 5.73 Å². The third-order valence-electron chi connectivity index (χ3n) is 3.17. The summed E-state index contributed by atoms with van der Waals surface area (Å²) in [7, 11) is 0. The molecule has 3 nitrogen and oxygen atoms in total. The second-order valence-electron chi connectivity index (χ2n) is 5.84. The first-order chi connectivity index (χ1) is 9.70. The molecule has 0 aliphatic rings. The molecule has 1 amide bonds. The number of rotatable bonds is 2. The van der Waals surface area contributed by atoms with Gasteiger partial charge in [0.1, 0.15) is 3.70 Å². The number of nitrogens with zero attached hydrogens (tertiary/aromatic N) is 1. The second kappa shape index (κ2) is 5.93. The standard InChI is InChI=1S/C16H16ClIN2O/c1-16(2,3)11-8-12(9-4-6-10(17)7-5-9)20-14(18)13(11)15(19)21/h4-8H,1-3H3,(H2,19,21). The van der Waals surface area contributed by atoms with Crippen LogP contribution in [0.3, 0.4) is 0 Å². The predicted molar refractivity (Wildman–Crippen MR) is 94.6 cm³/mol. The number of pyridine rings is 1. The molecule has 0 saturated heterocycles. The van der Waals surface area contributed by atoms with E-state index in [1.54, 1.807) is 0 Å². The Bertz CT molecular complexity index is 691. The number of carbonyl (C=O) groups is 1. The van der Waals surface area contributed by atoms with Crippen LogP contribution in [-0.4, -0.2) is 10.9 Å². The Balaban J connectivity index is 2.68. The zero-order valence-corrected chi connectivity index (χ0v) is 15.0. The van der Waals surface area contributed by atoms with Crippen LogP contribution in [0.25, 0.3) is 11.3 Å². The van der Waals surface area contributed by atoms with Gasteiger partial charge in [0.25, 0.3) is 5.91 Å². The van der Waals surface area contributed by atoms with Crippen molar-refractivity contribution in [2.24, 2.45) is 5.73 Å². The average molecular weight is 415 g/mol. The molecule has 0 atom stereocenters. The first-order valence-corrected chi connectivity index (χ1v) is 7.92. The molecule has 21 heavy (non-hydrogen) atoms. The number of nitrogens with two attached hydrogens (primary N) is 1. The summed E-state index contributed by atoms with van der Waals surface area (Å²) in [5, 5.41) is 0.679. The van der Waals surface area contributed by atoms with Gasteiger partial charge in [-0.1, -0.05) is 44.5 Å². The molecule has 1 aromatic heterocycles. The molecule has 2 rings (SSSR count). The lowest BCUT2D eigenvalue weighted by Gasteiger charge is -2.23. The molecule has 5 heteroatoms. The van der Waals surface area contributed by atoms with Crippen LogP contribution in [0.5, 0.6) is 0 Å². The lowest BCUT2D eigenvalue weighted by Crippen LogP contribution is -2.23. The topological polar surface area (TPSA) is 56.0 Å². The number of hydrogen-bond donors (Lipinski definition) is 1. The first kappa shape index (κ1) is 16.2. The molecule has 0 aliphatic heterocycles. The van der Waals surface area contributed by atoms with E-state index in [9.17, 15) is 4.79 Å². The Labute approximate surface area is 143 Å². The van der Waals surface area contributed by atoms with Gasteiger partial charge in [0.2, 0.25) is 0 Å². The maximum atomic E-state index is 11.7. The van der Waals surface area contributed by atoms with Crippen molar-refractivity contribution >= 4 is 40.1 Å². The fourth-order valence-electron chi connectivity index (χ4n) is 2.11. The smallest absolute Gasteiger partial charge is 0.251 e. The van der Waals surface area contributed by atoms with Gasteiger partial charge in [0, 0.05) is 10.6 Å². The predicted octanol–water partition coefficient (Wildman–Crippen LogP) is 4.40. The van der Waals surface area contributed by atoms with Crippen molar-refractivity contribution in [3.63, 3.8) is 0 Å². The van der Waals surface area contributed by atoms with Gasteiger partial charge in [0.15, 0.2) is 0 Å². The fraction of sp³-hybridized carbons (Fsp3) is 0.250. The maximum Gasteiger partial charge on any atom is 0.251 e. The Morgan fingerprint density at radius 3 is 2.29 bits per heavy atom. The molecule has 0 unspecified atom stereocenters. The van der Waals surface area contributed by atoms with Gasteiger partial charge in [-0.25, -0.2) is 4.98 Å². The van der Waals surface area contributed by atoms with Crippen molar-refractivity contribution in [1.29, 1.82) is 0 Å². The third kappa shape index (κ3) is 3.55. The number of carbonyl (C=O) groups excluding carboxylic acids is 1.